The SMILES string of the molecule is CC(C)(SCn1nnc2ccccc2c1=O)[C@H](N)C(=O)O. The van der Waals surface area contributed by atoms with Crippen LogP contribution in [0.4, 0.5) is 0 Å². The number of nitrogens with two attached hydrogens (primary N) is 1. The molecular formula is C13H16N4O3S. The van der Waals surface area contributed by atoms with Crippen molar-refractivity contribution >= 4 is 28.6 Å². The Morgan fingerprint density at radius 1 is 1.48 bits per heavy atom. The lowest BCUT2D eigenvalue weighted by Gasteiger charge is -2.27. The standard InChI is InChI=1S/C13H16N4O3S/c1-13(2,10(14)12(19)20)21-7-17-11(18)8-5-3-4-6-9(8)15-16-17/h3-6,10H,7,14H2,1-2H3,(H,19,20)/t10-/m1/s1. The van der Waals surface area contributed by atoms with Crippen LogP contribution in [0, 0.1) is 0 Å². The molecule has 0 radical (unpaired) electrons. The molecule has 2 aromatic rings. The molecule has 0 aliphatic rings. The van der Waals surface area contributed by atoms with Crippen LogP contribution in [0.1, 0.15) is 13.8 Å². The Kier molecular flexibility index (Phi) is 4.29. The Balaban J connectivity index is 2.23. The van der Waals surface area contributed by atoms with Gasteiger partial charge in [0.05, 0.1) is 11.3 Å². The van der Waals surface area contributed by atoms with Gasteiger partial charge in [-0.1, -0.05) is 17.3 Å². The van der Waals surface area contributed by atoms with Gasteiger partial charge in [-0.05, 0) is 26.0 Å². The summed E-state index contributed by atoms with van der Waals surface area (Å²) in [4.78, 5) is 23.2. The lowest BCUT2D eigenvalue weighted by atomic mass is 10.1. The van der Waals surface area contributed by atoms with Crippen LogP contribution in [0.25, 0.3) is 10.9 Å². The number of aliphatic carboxylic acids is 1. The second-order valence-corrected chi connectivity index (χ2v) is 6.70. The van der Waals surface area contributed by atoms with E-state index < -0.39 is 16.8 Å². The summed E-state index contributed by atoms with van der Waals surface area (Å²) in [7, 11) is 0. The number of nitrogens with zero attached hydrogens (tertiary/aromatic N) is 3. The molecule has 0 saturated carbocycles. The van der Waals surface area contributed by atoms with E-state index in [9.17, 15) is 9.59 Å². The van der Waals surface area contributed by atoms with Gasteiger partial charge in [-0.15, -0.1) is 16.9 Å². The Bertz CT molecular complexity index is 729. The molecule has 2 rings (SSSR count). The van der Waals surface area contributed by atoms with Crippen molar-refractivity contribution in [3.05, 3.63) is 34.6 Å². The van der Waals surface area contributed by atoms with Crippen molar-refractivity contribution in [2.24, 2.45) is 5.73 Å². The van der Waals surface area contributed by atoms with E-state index in [1.54, 1.807) is 38.1 Å². The first-order valence-electron chi connectivity index (χ1n) is 6.28. The van der Waals surface area contributed by atoms with Gasteiger partial charge in [0, 0.05) is 4.75 Å². The van der Waals surface area contributed by atoms with Crippen LogP contribution in [0.3, 0.4) is 0 Å². The van der Waals surface area contributed by atoms with Crippen molar-refractivity contribution in [3.63, 3.8) is 0 Å². The minimum Gasteiger partial charge on any atom is -0.480 e. The van der Waals surface area contributed by atoms with Crippen molar-refractivity contribution in [3.8, 4) is 0 Å². The largest absolute Gasteiger partial charge is 0.480 e. The molecule has 3 N–H and O–H groups in total. The number of thioether (sulfide) groups is 1. The number of carboxylic acid groups (broad SMARTS) is 1. The monoisotopic (exact) mass is 308 g/mol. The van der Waals surface area contributed by atoms with Crippen molar-refractivity contribution in [1.29, 1.82) is 0 Å². The van der Waals surface area contributed by atoms with E-state index in [1.165, 1.54) is 16.4 Å². The van der Waals surface area contributed by atoms with Crippen LogP contribution in [-0.2, 0) is 10.7 Å². The molecule has 0 aliphatic heterocycles. The van der Waals surface area contributed by atoms with Crippen molar-refractivity contribution in [2.45, 2.75) is 30.5 Å². The summed E-state index contributed by atoms with van der Waals surface area (Å²) < 4.78 is 0.474. The average Bonchev–Trinajstić information content (AvgIpc) is 2.46. The van der Waals surface area contributed by atoms with E-state index in [0.29, 0.717) is 10.9 Å². The molecule has 0 unspecified atom stereocenters. The summed E-state index contributed by atoms with van der Waals surface area (Å²) in [5, 5.41) is 17.3. The lowest BCUT2D eigenvalue weighted by Crippen LogP contribution is -2.47. The third-order valence-corrected chi connectivity index (χ3v) is 4.57. The maximum atomic E-state index is 12.2. The van der Waals surface area contributed by atoms with E-state index in [-0.39, 0.29) is 11.4 Å². The number of rotatable bonds is 5. The van der Waals surface area contributed by atoms with Crippen LogP contribution in [0.15, 0.2) is 29.1 Å². The highest BCUT2D eigenvalue weighted by molar-refractivity contribution is 7.99. The number of benzene rings is 1. The molecule has 1 heterocycles. The Morgan fingerprint density at radius 2 is 2.14 bits per heavy atom. The zero-order valence-electron chi connectivity index (χ0n) is 11.7. The van der Waals surface area contributed by atoms with Gasteiger partial charge in [-0.25, -0.2) is 4.68 Å². The summed E-state index contributed by atoms with van der Waals surface area (Å²) in [6.07, 6.45) is 0. The second kappa shape index (κ2) is 5.82. The van der Waals surface area contributed by atoms with Crippen molar-refractivity contribution < 1.29 is 9.90 Å². The number of hydrogen-bond acceptors (Lipinski definition) is 6. The highest BCUT2D eigenvalue weighted by Crippen LogP contribution is 2.28. The second-order valence-electron chi connectivity index (χ2n) is 5.10. The number of hydrogen-bond donors (Lipinski definition) is 2. The van der Waals surface area contributed by atoms with Crippen LogP contribution in [0.2, 0.25) is 0 Å². The van der Waals surface area contributed by atoms with Gasteiger partial charge >= 0.3 is 5.97 Å². The minimum atomic E-state index is -1.08. The Labute approximate surface area is 125 Å². The fourth-order valence-corrected chi connectivity index (χ4v) is 2.63. The van der Waals surface area contributed by atoms with Gasteiger partial charge in [-0.2, -0.15) is 0 Å². The van der Waals surface area contributed by atoms with E-state index in [1.807, 2.05) is 0 Å². The van der Waals surface area contributed by atoms with Crippen LogP contribution >= 0.6 is 11.8 Å². The number of aromatic nitrogens is 3. The fraction of sp³-hybridized carbons (Fsp3) is 0.385. The van der Waals surface area contributed by atoms with Gasteiger partial charge < -0.3 is 10.8 Å². The maximum absolute atomic E-state index is 12.2. The van der Waals surface area contributed by atoms with E-state index in [2.05, 4.69) is 10.3 Å². The summed E-state index contributed by atoms with van der Waals surface area (Å²) in [5.74, 6) is -0.894. The third-order valence-electron chi connectivity index (χ3n) is 3.20. The minimum absolute atomic E-state index is 0.185. The summed E-state index contributed by atoms with van der Waals surface area (Å²) >= 11 is 1.25. The predicted molar refractivity (Wildman–Crippen MR) is 81.1 cm³/mol. The first-order valence-corrected chi connectivity index (χ1v) is 7.26. The Morgan fingerprint density at radius 3 is 2.81 bits per heavy atom. The van der Waals surface area contributed by atoms with Crippen molar-refractivity contribution in [1.82, 2.24) is 15.0 Å². The maximum Gasteiger partial charge on any atom is 0.321 e. The van der Waals surface area contributed by atoms with Gasteiger partial charge in [0.2, 0.25) is 0 Å². The smallest absolute Gasteiger partial charge is 0.321 e. The lowest BCUT2D eigenvalue weighted by molar-refractivity contribution is -0.139. The van der Waals surface area contributed by atoms with Crippen LogP contribution < -0.4 is 11.3 Å². The summed E-state index contributed by atoms with van der Waals surface area (Å²) in [6.45, 7) is 3.44. The van der Waals surface area contributed by atoms with Crippen molar-refractivity contribution in [2.75, 3.05) is 0 Å². The normalized spacial score (nSPS) is 13.3. The molecule has 8 heteroatoms. The van der Waals surface area contributed by atoms with Crippen LogP contribution in [-0.4, -0.2) is 36.9 Å². The van der Waals surface area contributed by atoms with Gasteiger partial charge in [0.15, 0.2) is 0 Å². The zero-order valence-corrected chi connectivity index (χ0v) is 12.5. The van der Waals surface area contributed by atoms with Gasteiger partial charge in [0.1, 0.15) is 11.6 Å². The van der Waals surface area contributed by atoms with E-state index in [0.717, 1.165) is 0 Å². The zero-order chi connectivity index (χ0) is 15.6. The molecule has 0 spiro atoms. The van der Waals surface area contributed by atoms with Crippen LogP contribution in [0.5, 0.6) is 0 Å². The fourth-order valence-electron chi connectivity index (χ4n) is 1.72. The first-order chi connectivity index (χ1) is 9.83. The molecule has 1 atom stereocenters. The number of carboxylic acids is 1. The molecule has 0 fully saturated rings. The molecule has 0 aliphatic carbocycles. The molecule has 1 aromatic heterocycles. The molecule has 112 valence electrons. The number of fused-ring (bicyclic) bond motifs is 1. The molecule has 0 amide bonds. The highest BCUT2D eigenvalue weighted by Gasteiger charge is 2.32. The molecule has 1 aromatic carbocycles. The van der Waals surface area contributed by atoms with E-state index in [4.69, 9.17) is 10.8 Å². The average molecular weight is 308 g/mol. The molecule has 0 bridgehead atoms. The predicted octanol–water partition coefficient (Wildman–Crippen LogP) is 0.673. The molecule has 0 saturated heterocycles. The molecular weight excluding hydrogens is 292 g/mol. The van der Waals surface area contributed by atoms with Gasteiger partial charge in [0.25, 0.3) is 5.56 Å². The van der Waals surface area contributed by atoms with Gasteiger partial charge in [-0.3, -0.25) is 9.59 Å². The quantitative estimate of drug-likeness (QED) is 0.835. The topological polar surface area (TPSA) is 111 Å². The third kappa shape index (κ3) is 3.22. The summed E-state index contributed by atoms with van der Waals surface area (Å²) in [6, 6.07) is 5.90. The molecule has 21 heavy (non-hydrogen) atoms. The first kappa shape index (κ1) is 15.5. The molecule has 7 nitrogen and oxygen atoms in total. The summed E-state index contributed by atoms with van der Waals surface area (Å²) in [5.41, 5.74) is 5.92. The highest BCUT2D eigenvalue weighted by atomic mass is 32.2. The number of carbonyl (C=O) groups is 1. The van der Waals surface area contributed by atoms with E-state index >= 15 is 0 Å². The Hall–Kier alpha value is -1.93.